The summed E-state index contributed by atoms with van der Waals surface area (Å²) in [5, 5.41) is 25.2. The van der Waals surface area contributed by atoms with Crippen LogP contribution in [0.2, 0.25) is 0 Å². The molecule has 0 spiro atoms. The van der Waals surface area contributed by atoms with E-state index in [4.69, 9.17) is 10.2 Å². The topological polar surface area (TPSA) is 106 Å². The fourth-order valence-corrected chi connectivity index (χ4v) is 1.46. The molecule has 2 atom stereocenters. The molecule has 0 radical (unpaired) electrons. The van der Waals surface area contributed by atoms with Crippen LogP contribution in [0, 0.1) is 0 Å². The van der Waals surface area contributed by atoms with Crippen LogP contribution in [-0.4, -0.2) is 84.3 Å². The van der Waals surface area contributed by atoms with E-state index in [-0.39, 0.29) is 38.1 Å². The van der Waals surface area contributed by atoms with Crippen LogP contribution in [0.25, 0.3) is 0 Å². The Morgan fingerprint density at radius 1 is 0.900 bits per heavy atom. The molecule has 116 valence electrons. The van der Waals surface area contributed by atoms with Gasteiger partial charge in [0, 0.05) is 27.2 Å². The molecule has 0 aliphatic heterocycles. The summed E-state index contributed by atoms with van der Waals surface area (Å²) in [6.45, 7) is 3.38. The number of carbonyl (C=O) groups excluding carboxylic acids is 2. The Kier molecular flexibility index (Phi) is 8.66. The van der Waals surface area contributed by atoms with Gasteiger partial charge >= 0.3 is 0 Å². The maximum Gasteiger partial charge on any atom is 0.248 e. The van der Waals surface area contributed by atoms with E-state index in [0.717, 1.165) is 0 Å². The molecular weight excluding hydrogens is 264 g/mol. The van der Waals surface area contributed by atoms with Crippen molar-refractivity contribution in [3.8, 4) is 0 Å². The van der Waals surface area contributed by atoms with E-state index < -0.39 is 12.1 Å². The monoisotopic (exact) mass is 288 g/mol. The number of amides is 2. The highest BCUT2D eigenvalue weighted by molar-refractivity contribution is 5.82. The number of rotatable bonds is 8. The Morgan fingerprint density at radius 2 is 1.20 bits per heavy atom. The molecule has 2 unspecified atom stereocenters. The molecule has 0 fully saturated rings. The van der Waals surface area contributed by atoms with Gasteiger partial charge in [-0.1, -0.05) is 0 Å². The highest BCUT2D eigenvalue weighted by atomic mass is 16.3. The molecule has 20 heavy (non-hydrogen) atoms. The number of aliphatic hydroxyl groups excluding tert-OH is 2. The van der Waals surface area contributed by atoms with Crippen LogP contribution < -0.4 is 0 Å². The quantitative estimate of drug-likeness (QED) is 0.565. The van der Waals surface area contributed by atoms with Crippen molar-refractivity contribution >= 4 is 11.8 Å². The van der Waals surface area contributed by atoms with Gasteiger partial charge in [0.05, 0.1) is 13.2 Å². The minimum Gasteiger partial charge on any atom is -0.395 e. The van der Waals surface area contributed by atoms with Crippen molar-refractivity contribution in [2.45, 2.75) is 25.9 Å². The van der Waals surface area contributed by atoms with Gasteiger partial charge in [-0.05, 0) is 13.8 Å². The summed E-state index contributed by atoms with van der Waals surface area (Å²) in [5.41, 5.74) is 0. The van der Waals surface area contributed by atoms with E-state index in [0.29, 0.717) is 0 Å². The van der Waals surface area contributed by atoms with Gasteiger partial charge in [-0.2, -0.15) is 10.2 Å². The van der Waals surface area contributed by atoms with Crippen molar-refractivity contribution in [1.29, 1.82) is 0 Å². The molecule has 0 aromatic rings. The lowest BCUT2D eigenvalue weighted by atomic mass is 10.3. The number of aliphatic hydroxyl groups is 2. The zero-order valence-electron chi connectivity index (χ0n) is 12.5. The van der Waals surface area contributed by atoms with Gasteiger partial charge < -0.3 is 20.0 Å². The van der Waals surface area contributed by atoms with E-state index in [1.165, 1.54) is 9.80 Å². The van der Waals surface area contributed by atoms with Gasteiger partial charge in [-0.15, -0.1) is 0 Å². The van der Waals surface area contributed by atoms with Gasteiger partial charge in [0.25, 0.3) is 0 Å². The van der Waals surface area contributed by atoms with Gasteiger partial charge in [0.1, 0.15) is 12.1 Å². The molecule has 0 rings (SSSR count). The Bertz CT molecular complexity index is 316. The molecule has 0 aliphatic rings. The predicted molar refractivity (Wildman–Crippen MR) is 73.2 cm³/mol. The molecule has 0 aromatic carbocycles. The summed E-state index contributed by atoms with van der Waals surface area (Å²) >= 11 is 0. The van der Waals surface area contributed by atoms with E-state index in [1.54, 1.807) is 27.9 Å². The standard InChI is InChI=1S/C12H24N4O4/c1-9(11(19)15(3)5-7-17)13-14-10(2)12(20)16(4)6-8-18/h9-10,17-18H,5-8H2,1-4H3. The van der Waals surface area contributed by atoms with Crippen LogP contribution >= 0.6 is 0 Å². The maximum atomic E-state index is 11.8. The number of hydrogen-bond acceptors (Lipinski definition) is 6. The van der Waals surface area contributed by atoms with Crippen molar-refractivity contribution in [2.75, 3.05) is 40.4 Å². The lowest BCUT2D eigenvalue weighted by Gasteiger charge is -2.19. The third-order valence-electron chi connectivity index (χ3n) is 2.75. The first-order valence-corrected chi connectivity index (χ1v) is 6.46. The Balaban J connectivity index is 4.46. The summed E-state index contributed by atoms with van der Waals surface area (Å²) in [7, 11) is 3.13. The Labute approximate surface area is 119 Å². The van der Waals surface area contributed by atoms with Gasteiger partial charge in [-0.3, -0.25) is 9.59 Å². The number of carbonyl (C=O) groups is 2. The largest absolute Gasteiger partial charge is 0.395 e. The third kappa shape index (κ3) is 6.07. The fraction of sp³-hybridized carbons (Fsp3) is 0.833. The van der Waals surface area contributed by atoms with E-state index in [9.17, 15) is 9.59 Å². The highest BCUT2D eigenvalue weighted by Crippen LogP contribution is 2.02. The molecule has 0 heterocycles. The van der Waals surface area contributed by atoms with Gasteiger partial charge in [-0.25, -0.2) is 0 Å². The molecule has 0 saturated heterocycles. The second-order valence-electron chi connectivity index (χ2n) is 4.55. The van der Waals surface area contributed by atoms with Crippen LogP contribution in [0.4, 0.5) is 0 Å². The molecule has 0 bridgehead atoms. The van der Waals surface area contributed by atoms with Crippen LogP contribution in [-0.2, 0) is 9.59 Å². The number of likely N-dealkylation sites (N-methyl/N-ethyl adjacent to an activating group) is 2. The first kappa shape index (κ1) is 18.5. The summed E-state index contributed by atoms with van der Waals surface area (Å²) in [6, 6.07) is -1.41. The van der Waals surface area contributed by atoms with Gasteiger partial charge in [0.15, 0.2) is 0 Å². The van der Waals surface area contributed by atoms with Crippen LogP contribution in [0.3, 0.4) is 0 Å². The van der Waals surface area contributed by atoms with Crippen LogP contribution in [0.1, 0.15) is 13.8 Å². The Morgan fingerprint density at radius 3 is 1.45 bits per heavy atom. The molecule has 8 nitrogen and oxygen atoms in total. The second-order valence-corrected chi connectivity index (χ2v) is 4.55. The number of hydrogen-bond donors (Lipinski definition) is 2. The van der Waals surface area contributed by atoms with Crippen LogP contribution in [0.15, 0.2) is 10.2 Å². The average Bonchev–Trinajstić information content (AvgIpc) is 2.43. The van der Waals surface area contributed by atoms with E-state index in [1.807, 2.05) is 0 Å². The molecular formula is C12H24N4O4. The summed E-state index contributed by atoms with van der Waals surface area (Å²) < 4.78 is 0. The van der Waals surface area contributed by atoms with Crippen molar-refractivity contribution in [2.24, 2.45) is 10.2 Å². The first-order chi connectivity index (χ1) is 9.34. The van der Waals surface area contributed by atoms with Crippen LogP contribution in [0.5, 0.6) is 0 Å². The average molecular weight is 288 g/mol. The minimum absolute atomic E-state index is 0.118. The molecule has 2 N–H and O–H groups in total. The van der Waals surface area contributed by atoms with Crippen molar-refractivity contribution in [1.82, 2.24) is 9.80 Å². The second kappa shape index (κ2) is 9.38. The summed E-state index contributed by atoms with van der Waals surface area (Å²) in [5.74, 6) is -0.544. The van der Waals surface area contributed by atoms with Crippen molar-refractivity contribution < 1.29 is 19.8 Å². The molecule has 2 amide bonds. The normalized spacial score (nSPS) is 14.1. The summed E-state index contributed by atoms with van der Waals surface area (Å²) in [4.78, 5) is 26.3. The summed E-state index contributed by atoms with van der Waals surface area (Å²) in [6.07, 6.45) is 0. The first-order valence-electron chi connectivity index (χ1n) is 6.46. The molecule has 8 heteroatoms. The number of azo groups is 1. The third-order valence-corrected chi connectivity index (χ3v) is 2.75. The van der Waals surface area contributed by atoms with Crippen molar-refractivity contribution in [3.05, 3.63) is 0 Å². The maximum absolute atomic E-state index is 11.8. The lowest BCUT2D eigenvalue weighted by molar-refractivity contribution is -0.132. The zero-order chi connectivity index (χ0) is 15.7. The van der Waals surface area contributed by atoms with E-state index in [2.05, 4.69) is 10.2 Å². The fourth-order valence-electron chi connectivity index (χ4n) is 1.46. The van der Waals surface area contributed by atoms with Crippen molar-refractivity contribution in [3.63, 3.8) is 0 Å². The van der Waals surface area contributed by atoms with E-state index >= 15 is 0 Å². The lowest BCUT2D eigenvalue weighted by Crippen LogP contribution is -2.37. The SMILES string of the molecule is CC(N=NC(C)C(=O)N(C)CCO)C(=O)N(C)CCO. The number of nitrogens with zero attached hydrogens (tertiary/aromatic N) is 4. The zero-order valence-corrected chi connectivity index (χ0v) is 12.5. The highest BCUT2D eigenvalue weighted by Gasteiger charge is 2.19. The van der Waals surface area contributed by atoms with Gasteiger partial charge in [0.2, 0.25) is 11.8 Å². The molecule has 0 aliphatic carbocycles. The smallest absolute Gasteiger partial charge is 0.248 e. The molecule has 0 saturated carbocycles. The predicted octanol–water partition coefficient (Wildman–Crippen LogP) is -0.883. The molecule has 0 aromatic heterocycles. The minimum atomic E-state index is -0.704. The Hall–Kier alpha value is -1.54.